The lowest BCUT2D eigenvalue weighted by Crippen LogP contribution is -2.33. The molecule has 0 aromatic carbocycles. The molecule has 1 saturated heterocycles. The lowest BCUT2D eigenvalue weighted by molar-refractivity contribution is 0.0952. The Bertz CT molecular complexity index is 769. The molecule has 1 amide bonds. The summed E-state index contributed by atoms with van der Waals surface area (Å²) in [6.45, 7) is 6.61. The molecule has 2 aromatic heterocycles. The van der Waals surface area contributed by atoms with E-state index in [2.05, 4.69) is 55.4 Å². The maximum atomic E-state index is 11.9. The maximum Gasteiger partial charge on any atom is 0.288 e. The fourth-order valence-corrected chi connectivity index (χ4v) is 3.18. The van der Waals surface area contributed by atoms with Crippen molar-refractivity contribution >= 4 is 11.7 Å². The summed E-state index contributed by atoms with van der Waals surface area (Å²) < 4.78 is 2.13. The number of aryl methyl sites for hydroxylation is 2. The van der Waals surface area contributed by atoms with Crippen molar-refractivity contribution < 1.29 is 4.79 Å². The maximum absolute atomic E-state index is 11.9. The first-order valence-electron chi connectivity index (χ1n) is 8.65. The Morgan fingerprint density at radius 3 is 2.84 bits per heavy atom. The van der Waals surface area contributed by atoms with Crippen molar-refractivity contribution in [2.45, 2.75) is 32.9 Å². The zero-order valence-electron chi connectivity index (χ0n) is 15.3. The van der Waals surface area contributed by atoms with Gasteiger partial charge in [-0.25, -0.2) is 9.97 Å². The Kier molecular flexibility index (Phi) is 5.03. The average Bonchev–Trinajstić information content (AvgIpc) is 3.23. The van der Waals surface area contributed by atoms with Gasteiger partial charge in [0.2, 0.25) is 5.82 Å². The third kappa shape index (κ3) is 3.66. The van der Waals surface area contributed by atoms with Gasteiger partial charge in [0.25, 0.3) is 5.91 Å². The quantitative estimate of drug-likeness (QED) is 0.853. The van der Waals surface area contributed by atoms with Crippen LogP contribution in [0.2, 0.25) is 0 Å². The smallest absolute Gasteiger partial charge is 0.288 e. The second-order valence-corrected chi connectivity index (χ2v) is 6.58. The Balaban J connectivity index is 1.70. The van der Waals surface area contributed by atoms with E-state index in [1.165, 1.54) is 5.69 Å². The molecule has 2 N–H and O–H groups in total. The van der Waals surface area contributed by atoms with Gasteiger partial charge in [-0.05, 0) is 32.4 Å². The number of aromatic nitrogens is 3. The van der Waals surface area contributed by atoms with Crippen LogP contribution in [0.25, 0.3) is 0 Å². The molecule has 1 atom stereocenters. The monoisotopic (exact) mass is 342 g/mol. The van der Waals surface area contributed by atoms with Gasteiger partial charge in [-0.15, -0.1) is 0 Å². The van der Waals surface area contributed by atoms with Gasteiger partial charge in [0.15, 0.2) is 0 Å². The summed E-state index contributed by atoms with van der Waals surface area (Å²) in [5, 5.41) is 6.22. The van der Waals surface area contributed by atoms with Gasteiger partial charge in [0.1, 0.15) is 5.82 Å². The van der Waals surface area contributed by atoms with E-state index in [-0.39, 0.29) is 11.7 Å². The number of carbonyl (C=O) groups excluding carboxylic acids is 1. The van der Waals surface area contributed by atoms with E-state index >= 15 is 0 Å². The van der Waals surface area contributed by atoms with Crippen molar-refractivity contribution in [2.75, 3.05) is 25.0 Å². The standard InChI is InChI=1S/C18H26N6O/c1-12-13(2)21-16(18(25)19-3)22-17(12)24-9-7-14(11-24)20-10-15-6-5-8-23(15)4/h5-6,8,14,20H,7,9-11H2,1-4H3,(H,19,25)/t14-/m1/s1. The van der Waals surface area contributed by atoms with Gasteiger partial charge < -0.3 is 20.1 Å². The number of nitrogens with one attached hydrogen (secondary N) is 2. The molecule has 1 aliphatic rings. The molecular formula is C18H26N6O. The summed E-state index contributed by atoms with van der Waals surface area (Å²) in [4.78, 5) is 23.0. The number of hydrogen-bond acceptors (Lipinski definition) is 5. The minimum atomic E-state index is -0.248. The number of anilines is 1. The van der Waals surface area contributed by atoms with Crippen molar-refractivity contribution in [3.8, 4) is 0 Å². The Labute approximate surface area is 148 Å². The van der Waals surface area contributed by atoms with Gasteiger partial charge in [0.05, 0.1) is 0 Å². The molecule has 0 saturated carbocycles. The molecular weight excluding hydrogens is 316 g/mol. The fraction of sp³-hybridized carbons (Fsp3) is 0.500. The fourth-order valence-electron chi connectivity index (χ4n) is 3.18. The summed E-state index contributed by atoms with van der Waals surface area (Å²) in [5.74, 6) is 0.858. The van der Waals surface area contributed by atoms with Crippen LogP contribution in [0.15, 0.2) is 18.3 Å². The van der Waals surface area contributed by atoms with E-state index < -0.39 is 0 Å². The number of rotatable bonds is 5. The third-order valence-electron chi connectivity index (χ3n) is 4.90. The summed E-state index contributed by atoms with van der Waals surface area (Å²) in [6, 6.07) is 4.60. The second-order valence-electron chi connectivity index (χ2n) is 6.58. The third-order valence-corrected chi connectivity index (χ3v) is 4.90. The van der Waals surface area contributed by atoms with Crippen LogP contribution >= 0.6 is 0 Å². The molecule has 3 heterocycles. The van der Waals surface area contributed by atoms with Crippen molar-refractivity contribution in [1.82, 2.24) is 25.2 Å². The zero-order chi connectivity index (χ0) is 18.0. The molecule has 7 nitrogen and oxygen atoms in total. The molecule has 2 aromatic rings. The highest BCUT2D eigenvalue weighted by atomic mass is 16.2. The second kappa shape index (κ2) is 7.23. The molecule has 0 aliphatic carbocycles. The van der Waals surface area contributed by atoms with Crippen LogP contribution < -0.4 is 15.5 Å². The largest absolute Gasteiger partial charge is 0.355 e. The minimum Gasteiger partial charge on any atom is -0.355 e. The number of carbonyl (C=O) groups is 1. The van der Waals surface area contributed by atoms with Crippen LogP contribution in [0.4, 0.5) is 5.82 Å². The number of amides is 1. The molecule has 0 bridgehead atoms. The van der Waals surface area contributed by atoms with E-state index in [1.807, 2.05) is 13.8 Å². The highest BCUT2D eigenvalue weighted by Gasteiger charge is 2.26. The van der Waals surface area contributed by atoms with E-state index in [1.54, 1.807) is 7.05 Å². The van der Waals surface area contributed by atoms with Gasteiger partial charge in [-0.1, -0.05) is 0 Å². The normalized spacial score (nSPS) is 17.1. The van der Waals surface area contributed by atoms with Crippen LogP contribution in [0.5, 0.6) is 0 Å². The molecule has 25 heavy (non-hydrogen) atoms. The number of nitrogens with zero attached hydrogens (tertiary/aromatic N) is 4. The summed E-state index contributed by atoms with van der Waals surface area (Å²) in [5.41, 5.74) is 3.16. The first-order chi connectivity index (χ1) is 12.0. The molecule has 0 unspecified atom stereocenters. The van der Waals surface area contributed by atoms with E-state index in [0.717, 1.165) is 43.1 Å². The lowest BCUT2D eigenvalue weighted by Gasteiger charge is -2.21. The van der Waals surface area contributed by atoms with E-state index in [4.69, 9.17) is 0 Å². The highest BCUT2D eigenvalue weighted by Crippen LogP contribution is 2.24. The predicted octanol–water partition coefficient (Wildman–Crippen LogP) is 1.16. The van der Waals surface area contributed by atoms with Crippen LogP contribution in [-0.2, 0) is 13.6 Å². The zero-order valence-corrected chi connectivity index (χ0v) is 15.3. The number of hydrogen-bond donors (Lipinski definition) is 2. The van der Waals surface area contributed by atoms with Crippen molar-refractivity contribution in [2.24, 2.45) is 7.05 Å². The summed E-state index contributed by atoms with van der Waals surface area (Å²) in [6.07, 6.45) is 3.12. The first-order valence-corrected chi connectivity index (χ1v) is 8.65. The summed E-state index contributed by atoms with van der Waals surface area (Å²) >= 11 is 0. The van der Waals surface area contributed by atoms with Crippen LogP contribution in [0.3, 0.4) is 0 Å². The van der Waals surface area contributed by atoms with Crippen LogP contribution in [0.1, 0.15) is 34.0 Å². The molecule has 134 valence electrons. The first kappa shape index (κ1) is 17.4. The Morgan fingerprint density at radius 2 is 2.16 bits per heavy atom. The van der Waals surface area contributed by atoms with Gasteiger partial charge in [-0.3, -0.25) is 4.79 Å². The molecule has 7 heteroatoms. The lowest BCUT2D eigenvalue weighted by atomic mass is 10.2. The molecule has 0 radical (unpaired) electrons. The van der Waals surface area contributed by atoms with Crippen LogP contribution in [-0.4, -0.2) is 46.6 Å². The summed E-state index contributed by atoms with van der Waals surface area (Å²) in [7, 11) is 3.66. The topological polar surface area (TPSA) is 75.1 Å². The van der Waals surface area contributed by atoms with Crippen molar-refractivity contribution in [3.05, 3.63) is 41.1 Å². The van der Waals surface area contributed by atoms with Crippen molar-refractivity contribution in [3.63, 3.8) is 0 Å². The molecule has 3 rings (SSSR count). The SMILES string of the molecule is CNC(=O)c1nc(C)c(C)c(N2CC[C@@H](NCc3cccn3C)C2)n1. The van der Waals surface area contributed by atoms with E-state index in [0.29, 0.717) is 6.04 Å². The van der Waals surface area contributed by atoms with Crippen LogP contribution in [0, 0.1) is 13.8 Å². The van der Waals surface area contributed by atoms with E-state index in [9.17, 15) is 4.79 Å². The van der Waals surface area contributed by atoms with Gasteiger partial charge in [0, 0.05) is 62.9 Å². The molecule has 1 fully saturated rings. The predicted molar refractivity (Wildman–Crippen MR) is 97.8 cm³/mol. The van der Waals surface area contributed by atoms with Gasteiger partial charge in [-0.2, -0.15) is 0 Å². The van der Waals surface area contributed by atoms with Crippen molar-refractivity contribution in [1.29, 1.82) is 0 Å². The van der Waals surface area contributed by atoms with Gasteiger partial charge >= 0.3 is 0 Å². The Hall–Kier alpha value is -2.41. The highest BCUT2D eigenvalue weighted by molar-refractivity contribution is 5.90. The average molecular weight is 342 g/mol. The Morgan fingerprint density at radius 1 is 1.36 bits per heavy atom. The minimum absolute atomic E-state index is 0.237. The molecule has 0 spiro atoms. The molecule has 1 aliphatic heterocycles.